The second-order valence-electron chi connectivity index (χ2n) is 10.8. The maximum atomic E-state index is 14.7. The lowest BCUT2D eigenvalue weighted by Crippen LogP contribution is -2.31. The van der Waals surface area contributed by atoms with Crippen molar-refractivity contribution in [1.82, 2.24) is 4.90 Å². The Morgan fingerprint density at radius 1 is 0.891 bits per heavy atom. The van der Waals surface area contributed by atoms with Gasteiger partial charge in [0, 0.05) is 37.9 Å². The minimum Gasteiger partial charge on any atom is -0.493 e. The molecule has 0 atom stereocenters. The monoisotopic (exact) mass is 681 g/mol. The van der Waals surface area contributed by atoms with Crippen LogP contribution in [-0.2, 0) is 28.5 Å². The topological polar surface area (TPSA) is 107 Å². The van der Waals surface area contributed by atoms with Gasteiger partial charge in [0.15, 0.2) is 9.84 Å². The van der Waals surface area contributed by atoms with Crippen LogP contribution in [0.3, 0.4) is 0 Å². The molecule has 0 aliphatic carbocycles. The van der Waals surface area contributed by atoms with Gasteiger partial charge in [0.05, 0.1) is 27.7 Å². The van der Waals surface area contributed by atoms with Crippen LogP contribution in [0.5, 0.6) is 5.75 Å². The summed E-state index contributed by atoms with van der Waals surface area (Å²) in [7, 11) is -4.23. The van der Waals surface area contributed by atoms with Crippen LogP contribution in [0.25, 0.3) is 0 Å². The molecule has 0 spiro atoms. The minimum atomic E-state index is -4.64. The zero-order valence-electron chi connectivity index (χ0n) is 24.6. The molecule has 0 saturated heterocycles. The van der Waals surface area contributed by atoms with E-state index in [1.54, 1.807) is 0 Å². The lowest BCUT2D eigenvalue weighted by Gasteiger charge is -2.29. The third-order valence-corrected chi connectivity index (χ3v) is 8.84. The van der Waals surface area contributed by atoms with Crippen molar-refractivity contribution >= 4 is 21.4 Å². The van der Waals surface area contributed by atoms with E-state index in [2.05, 4.69) is 0 Å². The first-order valence-corrected chi connectivity index (χ1v) is 16.3. The predicted octanol–water partition coefficient (Wildman–Crippen LogP) is 6.09. The first-order chi connectivity index (χ1) is 21.6. The lowest BCUT2D eigenvalue weighted by atomic mass is 9.90. The van der Waals surface area contributed by atoms with Crippen molar-refractivity contribution in [3.8, 4) is 5.75 Å². The molecule has 4 rings (SSSR count). The standard InChI is InChI=1S/C33H32ClF4NO6S/c1-46(43,44)29-19-25(18-28(35)30(29)33(40,41)42)45-17-9-16-39(20-24-14-8-15-27(31(24)34)32(36,37)38)21-26(22-10-4-2-5-11-22)23-12-6-3-7-13-23/h2-8,10-15,18-19,26,40-42H,9,16-17,20-21H2,1H3. The van der Waals surface area contributed by atoms with Crippen molar-refractivity contribution < 1.29 is 46.0 Å². The maximum Gasteiger partial charge on any atom is 0.417 e. The van der Waals surface area contributed by atoms with Crippen LogP contribution in [0.1, 0.15) is 40.2 Å². The molecule has 3 N–H and O–H groups in total. The highest BCUT2D eigenvalue weighted by molar-refractivity contribution is 7.90. The van der Waals surface area contributed by atoms with Gasteiger partial charge in [0.1, 0.15) is 11.6 Å². The van der Waals surface area contributed by atoms with Crippen molar-refractivity contribution in [3.05, 3.63) is 130 Å². The zero-order valence-corrected chi connectivity index (χ0v) is 26.2. The Kier molecular flexibility index (Phi) is 11.1. The molecule has 0 amide bonds. The summed E-state index contributed by atoms with van der Waals surface area (Å²) in [4.78, 5) is 1.06. The molecule has 0 aliphatic heterocycles. The zero-order chi connectivity index (χ0) is 33.7. The summed E-state index contributed by atoms with van der Waals surface area (Å²) in [5.41, 5.74) is 0.0680. The van der Waals surface area contributed by atoms with Crippen LogP contribution in [0, 0.1) is 5.82 Å². The van der Waals surface area contributed by atoms with E-state index in [1.807, 2.05) is 65.6 Å². The number of rotatable bonds is 13. The molecule has 246 valence electrons. The van der Waals surface area contributed by atoms with Gasteiger partial charge in [-0.05, 0) is 35.2 Å². The number of hydrogen-bond donors (Lipinski definition) is 3. The number of ether oxygens (including phenoxy) is 1. The molecule has 13 heteroatoms. The van der Waals surface area contributed by atoms with Crippen molar-refractivity contribution in [2.24, 2.45) is 0 Å². The van der Waals surface area contributed by atoms with E-state index in [4.69, 9.17) is 16.3 Å². The molecule has 4 aromatic carbocycles. The molecule has 0 radical (unpaired) electrons. The van der Waals surface area contributed by atoms with Crippen LogP contribution in [-0.4, -0.2) is 54.6 Å². The number of alkyl halides is 3. The van der Waals surface area contributed by atoms with E-state index in [-0.39, 0.29) is 43.3 Å². The Hall–Kier alpha value is -3.52. The van der Waals surface area contributed by atoms with E-state index in [1.165, 1.54) is 12.1 Å². The molecular weight excluding hydrogens is 650 g/mol. The number of aliphatic hydroxyl groups is 3. The number of sulfone groups is 1. The molecule has 0 aromatic heterocycles. The van der Waals surface area contributed by atoms with E-state index < -0.39 is 48.8 Å². The Morgan fingerprint density at radius 3 is 2.00 bits per heavy atom. The lowest BCUT2D eigenvalue weighted by molar-refractivity contribution is -0.326. The smallest absolute Gasteiger partial charge is 0.417 e. The summed E-state index contributed by atoms with van der Waals surface area (Å²) in [6, 6.07) is 24.6. The summed E-state index contributed by atoms with van der Waals surface area (Å²) in [6.45, 7) is 0.660. The highest BCUT2D eigenvalue weighted by atomic mass is 35.5. The van der Waals surface area contributed by atoms with Gasteiger partial charge in [0.2, 0.25) is 0 Å². The highest BCUT2D eigenvalue weighted by Gasteiger charge is 2.35. The van der Waals surface area contributed by atoms with Gasteiger partial charge in [0.25, 0.3) is 0 Å². The van der Waals surface area contributed by atoms with Crippen molar-refractivity contribution in [1.29, 1.82) is 0 Å². The molecule has 0 unspecified atom stereocenters. The molecule has 4 aromatic rings. The summed E-state index contributed by atoms with van der Waals surface area (Å²) >= 11 is 6.25. The van der Waals surface area contributed by atoms with Crippen LogP contribution in [0.15, 0.2) is 95.9 Å². The van der Waals surface area contributed by atoms with Crippen molar-refractivity contribution in [2.45, 2.75) is 35.9 Å². The Bertz CT molecular complexity index is 1690. The average Bonchev–Trinajstić information content (AvgIpc) is 2.97. The fourth-order valence-electron chi connectivity index (χ4n) is 5.17. The van der Waals surface area contributed by atoms with Crippen LogP contribution in [0.4, 0.5) is 17.6 Å². The van der Waals surface area contributed by atoms with Crippen molar-refractivity contribution in [2.75, 3.05) is 26.0 Å². The third-order valence-electron chi connectivity index (χ3n) is 7.27. The normalized spacial score (nSPS) is 12.6. The van der Waals surface area contributed by atoms with E-state index in [0.717, 1.165) is 23.3 Å². The summed E-state index contributed by atoms with van der Waals surface area (Å²) in [5.74, 6) is -5.58. The van der Waals surface area contributed by atoms with Gasteiger partial charge < -0.3 is 20.1 Å². The van der Waals surface area contributed by atoms with Crippen LogP contribution < -0.4 is 4.74 Å². The molecule has 0 heterocycles. The largest absolute Gasteiger partial charge is 0.493 e. The molecule has 7 nitrogen and oxygen atoms in total. The third kappa shape index (κ3) is 9.05. The number of nitrogens with zero attached hydrogens (tertiary/aromatic N) is 1. The Labute approximate surface area is 269 Å². The summed E-state index contributed by atoms with van der Waals surface area (Å²) < 4.78 is 85.6. The summed E-state index contributed by atoms with van der Waals surface area (Å²) in [5, 5.41) is 28.1. The molecule has 0 aliphatic rings. The van der Waals surface area contributed by atoms with E-state index in [0.29, 0.717) is 18.9 Å². The second-order valence-corrected chi connectivity index (χ2v) is 13.1. The van der Waals surface area contributed by atoms with Gasteiger partial charge in [-0.2, -0.15) is 13.2 Å². The Balaban J connectivity index is 1.60. The van der Waals surface area contributed by atoms with Gasteiger partial charge in [-0.25, -0.2) is 12.8 Å². The van der Waals surface area contributed by atoms with Gasteiger partial charge in [-0.1, -0.05) is 84.4 Å². The molecule has 46 heavy (non-hydrogen) atoms. The minimum absolute atomic E-state index is 0.0616. The highest BCUT2D eigenvalue weighted by Crippen LogP contribution is 2.37. The van der Waals surface area contributed by atoms with Gasteiger partial charge in [-0.15, -0.1) is 0 Å². The Morgan fingerprint density at radius 2 is 1.48 bits per heavy atom. The van der Waals surface area contributed by atoms with Crippen LogP contribution >= 0.6 is 11.6 Å². The van der Waals surface area contributed by atoms with Gasteiger partial charge >= 0.3 is 12.1 Å². The first kappa shape index (κ1) is 35.3. The molecule has 0 saturated carbocycles. The number of hydrogen-bond acceptors (Lipinski definition) is 7. The van der Waals surface area contributed by atoms with Crippen LogP contribution in [0.2, 0.25) is 5.02 Å². The molecule has 0 bridgehead atoms. The van der Waals surface area contributed by atoms with Crippen molar-refractivity contribution in [3.63, 3.8) is 0 Å². The maximum absolute atomic E-state index is 14.7. The second kappa shape index (κ2) is 14.5. The SMILES string of the molecule is CS(=O)(=O)c1cc(OCCCN(Cc2cccc(C(F)(F)F)c2Cl)CC(c2ccccc2)c2ccccc2)cc(F)c1C(O)(O)O. The summed E-state index contributed by atoms with van der Waals surface area (Å²) in [6.07, 6.45) is -3.67. The van der Waals surface area contributed by atoms with E-state index >= 15 is 0 Å². The number of halogens is 5. The average molecular weight is 682 g/mol. The predicted molar refractivity (Wildman–Crippen MR) is 164 cm³/mol. The molecular formula is C33H32ClF4NO6S. The van der Waals surface area contributed by atoms with Gasteiger partial charge in [-0.3, -0.25) is 4.90 Å². The molecule has 0 fully saturated rings. The number of benzene rings is 4. The quantitative estimate of drug-likeness (QED) is 0.0891. The van der Waals surface area contributed by atoms with E-state index in [9.17, 15) is 41.3 Å². The fourth-order valence-corrected chi connectivity index (χ4v) is 6.39. The first-order valence-electron chi connectivity index (χ1n) is 14.1. The fraction of sp³-hybridized carbons (Fsp3) is 0.273.